The Labute approximate surface area is 100.0 Å². The van der Waals surface area contributed by atoms with Crippen molar-refractivity contribution in [2.45, 2.75) is 26.2 Å². The van der Waals surface area contributed by atoms with E-state index in [0.717, 1.165) is 12.5 Å². The highest BCUT2D eigenvalue weighted by atomic mass is 15.3. The summed E-state index contributed by atoms with van der Waals surface area (Å²) in [6.07, 6.45) is 4.43. The molecule has 0 aromatic rings. The number of piperazine rings is 1. The monoisotopic (exact) mass is 225 g/mol. The highest BCUT2D eigenvalue weighted by Crippen LogP contribution is 2.32. The number of nitrogens with zero attached hydrogens (tertiary/aromatic N) is 2. The van der Waals surface area contributed by atoms with Gasteiger partial charge in [-0.2, -0.15) is 0 Å². The van der Waals surface area contributed by atoms with Crippen molar-refractivity contribution < 1.29 is 0 Å². The largest absolute Gasteiger partial charge is 0.330 e. The molecule has 0 radical (unpaired) electrons. The van der Waals surface area contributed by atoms with Gasteiger partial charge in [0, 0.05) is 32.7 Å². The van der Waals surface area contributed by atoms with E-state index < -0.39 is 0 Å². The van der Waals surface area contributed by atoms with Gasteiger partial charge < -0.3 is 15.5 Å². The molecule has 2 rings (SSSR count). The summed E-state index contributed by atoms with van der Waals surface area (Å²) >= 11 is 0. The molecule has 16 heavy (non-hydrogen) atoms. The Morgan fingerprint density at radius 3 is 2.31 bits per heavy atom. The molecule has 1 heterocycles. The van der Waals surface area contributed by atoms with Crippen LogP contribution in [0.25, 0.3) is 0 Å². The van der Waals surface area contributed by atoms with E-state index in [2.05, 4.69) is 16.7 Å². The molecule has 94 valence electrons. The Bertz CT molecular complexity index is 195. The second kappa shape index (κ2) is 5.99. The first-order chi connectivity index (χ1) is 7.78. The number of hydrogen-bond donors (Lipinski definition) is 1. The second-order valence-corrected chi connectivity index (χ2v) is 5.72. The van der Waals surface area contributed by atoms with Crippen LogP contribution in [0, 0.1) is 11.8 Å². The average molecular weight is 225 g/mol. The van der Waals surface area contributed by atoms with E-state index in [0.29, 0.717) is 5.92 Å². The fraction of sp³-hybridized carbons (Fsp3) is 1.00. The lowest BCUT2D eigenvalue weighted by molar-refractivity contribution is 0.119. The molecule has 2 N–H and O–H groups in total. The van der Waals surface area contributed by atoms with E-state index in [4.69, 9.17) is 5.73 Å². The predicted molar refractivity (Wildman–Crippen MR) is 68.4 cm³/mol. The molecule has 2 fully saturated rings. The highest BCUT2D eigenvalue weighted by Gasteiger charge is 2.23. The standard InChI is InChI=1S/C13H27N3/c1-12(10-14)11-16-8-6-15(7-9-16)5-4-13-2-3-13/h12-13H,2-11,14H2,1H3. The molecule has 1 saturated heterocycles. The molecule has 0 spiro atoms. The maximum absolute atomic E-state index is 5.67. The van der Waals surface area contributed by atoms with Gasteiger partial charge in [0.2, 0.25) is 0 Å². The van der Waals surface area contributed by atoms with Crippen LogP contribution < -0.4 is 5.73 Å². The van der Waals surface area contributed by atoms with Gasteiger partial charge in [-0.1, -0.05) is 19.8 Å². The third kappa shape index (κ3) is 4.04. The summed E-state index contributed by atoms with van der Waals surface area (Å²) in [5, 5.41) is 0. The zero-order valence-corrected chi connectivity index (χ0v) is 10.7. The quantitative estimate of drug-likeness (QED) is 0.732. The van der Waals surface area contributed by atoms with Gasteiger partial charge >= 0.3 is 0 Å². The first kappa shape index (κ1) is 12.3. The van der Waals surface area contributed by atoms with Crippen molar-refractivity contribution >= 4 is 0 Å². The van der Waals surface area contributed by atoms with Gasteiger partial charge in [-0.25, -0.2) is 0 Å². The Balaban J connectivity index is 1.57. The predicted octanol–water partition coefficient (Wildman–Crippen LogP) is 0.999. The van der Waals surface area contributed by atoms with Crippen LogP contribution in [-0.4, -0.2) is 55.6 Å². The zero-order valence-electron chi connectivity index (χ0n) is 10.7. The van der Waals surface area contributed by atoms with Crippen molar-refractivity contribution in [1.29, 1.82) is 0 Å². The minimum Gasteiger partial charge on any atom is -0.330 e. The van der Waals surface area contributed by atoms with Gasteiger partial charge in [0.25, 0.3) is 0 Å². The molecule has 1 saturated carbocycles. The molecule has 1 aliphatic carbocycles. The second-order valence-electron chi connectivity index (χ2n) is 5.72. The Kier molecular flexibility index (Phi) is 4.62. The first-order valence-electron chi connectivity index (χ1n) is 6.92. The van der Waals surface area contributed by atoms with E-state index >= 15 is 0 Å². The lowest BCUT2D eigenvalue weighted by Gasteiger charge is -2.35. The fourth-order valence-electron chi connectivity index (χ4n) is 2.48. The molecule has 3 heteroatoms. The average Bonchev–Trinajstić information content (AvgIpc) is 3.12. The van der Waals surface area contributed by atoms with Gasteiger partial charge in [0.05, 0.1) is 0 Å². The van der Waals surface area contributed by atoms with Gasteiger partial charge in [-0.15, -0.1) is 0 Å². The normalized spacial score (nSPS) is 25.9. The summed E-state index contributed by atoms with van der Waals surface area (Å²) in [7, 11) is 0. The summed E-state index contributed by atoms with van der Waals surface area (Å²) in [6.45, 7) is 10.6. The van der Waals surface area contributed by atoms with Crippen molar-refractivity contribution in [1.82, 2.24) is 9.80 Å². The summed E-state index contributed by atoms with van der Waals surface area (Å²) in [4.78, 5) is 5.22. The van der Waals surface area contributed by atoms with Crippen molar-refractivity contribution in [3.63, 3.8) is 0 Å². The number of rotatable bonds is 6. The van der Waals surface area contributed by atoms with E-state index in [-0.39, 0.29) is 0 Å². The van der Waals surface area contributed by atoms with Gasteiger partial charge in [-0.3, -0.25) is 0 Å². The van der Waals surface area contributed by atoms with E-state index in [9.17, 15) is 0 Å². The molecule has 0 amide bonds. The molecular formula is C13H27N3. The third-order valence-corrected chi connectivity index (χ3v) is 3.99. The molecule has 1 aliphatic heterocycles. The smallest absolute Gasteiger partial charge is 0.0110 e. The van der Waals surface area contributed by atoms with Crippen LogP contribution in [-0.2, 0) is 0 Å². The molecule has 1 unspecified atom stereocenters. The van der Waals surface area contributed by atoms with Gasteiger partial charge in [0.15, 0.2) is 0 Å². The fourth-order valence-corrected chi connectivity index (χ4v) is 2.48. The van der Waals surface area contributed by atoms with Crippen LogP contribution in [0.4, 0.5) is 0 Å². The van der Waals surface area contributed by atoms with Crippen molar-refractivity contribution in [2.75, 3.05) is 45.8 Å². The molecule has 1 atom stereocenters. The van der Waals surface area contributed by atoms with Crippen LogP contribution in [0.1, 0.15) is 26.2 Å². The Hall–Kier alpha value is -0.120. The highest BCUT2D eigenvalue weighted by molar-refractivity contribution is 4.78. The lowest BCUT2D eigenvalue weighted by Crippen LogP contribution is -2.48. The molecular weight excluding hydrogens is 198 g/mol. The summed E-state index contributed by atoms with van der Waals surface area (Å²) in [6, 6.07) is 0. The van der Waals surface area contributed by atoms with Crippen molar-refractivity contribution in [3.8, 4) is 0 Å². The first-order valence-corrected chi connectivity index (χ1v) is 6.92. The van der Waals surface area contributed by atoms with E-state index in [1.54, 1.807) is 0 Å². The van der Waals surface area contributed by atoms with Crippen molar-refractivity contribution in [3.05, 3.63) is 0 Å². The summed E-state index contributed by atoms with van der Waals surface area (Å²) in [5.41, 5.74) is 5.67. The topological polar surface area (TPSA) is 32.5 Å². The van der Waals surface area contributed by atoms with Crippen molar-refractivity contribution in [2.24, 2.45) is 17.6 Å². The SMILES string of the molecule is CC(CN)CN1CCN(CCC2CC2)CC1. The van der Waals surface area contributed by atoms with E-state index in [1.807, 2.05) is 0 Å². The van der Waals surface area contributed by atoms with Crippen LogP contribution in [0.3, 0.4) is 0 Å². The lowest BCUT2D eigenvalue weighted by atomic mass is 10.1. The zero-order chi connectivity index (χ0) is 11.4. The number of nitrogens with two attached hydrogens (primary N) is 1. The van der Waals surface area contributed by atoms with Gasteiger partial charge in [-0.05, 0) is 31.3 Å². The summed E-state index contributed by atoms with van der Waals surface area (Å²) < 4.78 is 0. The number of hydrogen-bond acceptors (Lipinski definition) is 3. The molecule has 0 aromatic carbocycles. The third-order valence-electron chi connectivity index (χ3n) is 3.99. The minimum atomic E-state index is 0.651. The molecule has 0 bridgehead atoms. The molecule has 3 nitrogen and oxygen atoms in total. The maximum atomic E-state index is 5.67. The van der Waals surface area contributed by atoms with Crippen LogP contribution in [0.15, 0.2) is 0 Å². The van der Waals surface area contributed by atoms with Crippen LogP contribution in [0.2, 0.25) is 0 Å². The minimum absolute atomic E-state index is 0.651. The van der Waals surface area contributed by atoms with Crippen LogP contribution in [0.5, 0.6) is 0 Å². The Morgan fingerprint density at radius 1 is 1.12 bits per heavy atom. The van der Waals surface area contributed by atoms with Crippen LogP contribution >= 0.6 is 0 Å². The van der Waals surface area contributed by atoms with Gasteiger partial charge in [0.1, 0.15) is 0 Å². The molecule has 0 aromatic heterocycles. The molecule has 2 aliphatic rings. The van der Waals surface area contributed by atoms with E-state index in [1.165, 1.54) is 58.5 Å². The Morgan fingerprint density at radius 2 is 1.75 bits per heavy atom. The summed E-state index contributed by atoms with van der Waals surface area (Å²) in [5.74, 6) is 1.73. The maximum Gasteiger partial charge on any atom is 0.0110 e.